The predicted octanol–water partition coefficient (Wildman–Crippen LogP) is 3.51. The van der Waals surface area contributed by atoms with Gasteiger partial charge in [-0.05, 0) is 57.3 Å². The molecule has 1 fully saturated rings. The Kier molecular flexibility index (Phi) is 4.64. The van der Waals surface area contributed by atoms with Gasteiger partial charge in [-0.25, -0.2) is 0 Å². The number of aryl methyl sites for hydroxylation is 1. The lowest BCUT2D eigenvalue weighted by Gasteiger charge is -2.40. The van der Waals surface area contributed by atoms with Gasteiger partial charge in [-0.2, -0.15) is 0 Å². The maximum Gasteiger partial charge on any atom is 0.0476 e. The van der Waals surface area contributed by atoms with Crippen LogP contribution in [-0.2, 0) is 6.42 Å². The number of nitrogens with zero attached hydrogens (tertiary/aromatic N) is 1. The van der Waals surface area contributed by atoms with Crippen molar-refractivity contribution < 1.29 is 0 Å². The topological polar surface area (TPSA) is 29.3 Å². The molecule has 1 saturated heterocycles. The highest BCUT2D eigenvalue weighted by Gasteiger charge is 2.35. The maximum atomic E-state index is 6.58. The van der Waals surface area contributed by atoms with Gasteiger partial charge in [0, 0.05) is 11.6 Å². The zero-order chi connectivity index (χ0) is 13.9. The quantitative estimate of drug-likeness (QED) is 0.878. The summed E-state index contributed by atoms with van der Waals surface area (Å²) in [5.74, 6) is 0. The summed E-state index contributed by atoms with van der Waals surface area (Å²) in [5.41, 5.74) is 9.31. The minimum absolute atomic E-state index is 0.0430. The lowest BCUT2D eigenvalue weighted by molar-refractivity contribution is 0.124. The van der Waals surface area contributed by atoms with Gasteiger partial charge < -0.3 is 5.73 Å². The number of hydrogen-bond donors (Lipinski definition) is 1. The summed E-state index contributed by atoms with van der Waals surface area (Å²) in [4.78, 5) is 2.55. The molecular formula is C17H28N2. The highest BCUT2D eigenvalue weighted by atomic mass is 15.2. The average molecular weight is 260 g/mol. The number of nitrogens with two attached hydrogens (primary N) is 1. The van der Waals surface area contributed by atoms with E-state index in [9.17, 15) is 0 Å². The molecule has 2 heteroatoms. The standard InChI is InChI=1S/C17H28N2/c1-4-8-14-9-7-10-15(13-14)16(18)17(2,3)19-11-5-6-12-19/h7,9-10,13,16H,4-6,8,11-12,18H2,1-3H3. The smallest absolute Gasteiger partial charge is 0.0476 e. The molecule has 2 nitrogen and oxygen atoms in total. The maximum absolute atomic E-state index is 6.58. The minimum atomic E-state index is 0.0430. The molecular weight excluding hydrogens is 232 g/mol. The molecule has 1 atom stereocenters. The fourth-order valence-electron chi connectivity index (χ4n) is 3.13. The van der Waals surface area contributed by atoms with Crippen molar-refractivity contribution in [2.45, 2.75) is 58.0 Å². The van der Waals surface area contributed by atoms with Crippen LogP contribution in [0.4, 0.5) is 0 Å². The van der Waals surface area contributed by atoms with E-state index in [1.165, 1.54) is 43.5 Å². The van der Waals surface area contributed by atoms with Gasteiger partial charge in [0.25, 0.3) is 0 Å². The Bertz CT molecular complexity index is 405. The van der Waals surface area contributed by atoms with Crippen molar-refractivity contribution in [1.82, 2.24) is 4.90 Å². The SMILES string of the molecule is CCCc1cccc(C(N)C(C)(C)N2CCCC2)c1. The van der Waals surface area contributed by atoms with Crippen molar-refractivity contribution >= 4 is 0 Å². The molecule has 0 aromatic heterocycles. The fourth-order valence-corrected chi connectivity index (χ4v) is 3.13. The Morgan fingerprint density at radius 3 is 2.58 bits per heavy atom. The largest absolute Gasteiger partial charge is 0.322 e. The van der Waals surface area contributed by atoms with Gasteiger partial charge in [0.2, 0.25) is 0 Å². The molecule has 0 radical (unpaired) electrons. The second kappa shape index (κ2) is 6.06. The highest BCUT2D eigenvalue weighted by Crippen LogP contribution is 2.32. The van der Waals surface area contributed by atoms with E-state index in [4.69, 9.17) is 5.73 Å². The predicted molar refractivity (Wildman–Crippen MR) is 82.3 cm³/mol. The summed E-state index contributed by atoms with van der Waals surface area (Å²) in [5, 5.41) is 0. The Morgan fingerprint density at radius 1 is 1.26 bits per heavy atom. The van der Waals surface area contributed by atoms with E-state index >= 15 is 0 Å². The fraction of sp³-hybridized carbons (Fsp3) is 0.647. The molecule has 0 bridgehead atoms. The van der Waals surface area contributed by atoms with Crippen LogP contribution in [0.2, 0.25) is 0 Å². The summed E-state index contributed by atoms with van der Waals surface area (Å²) < 4.78 is 0. The summed E-state index contributed by atoms with van der Waals surface area (Å²) in [7, 11) is 0. The number of rotatable bonds is 5. The van der Waals surface area contributed by atoms with Crippen LogP contribution in [0.5, 0.6) is 0 Å². The van der Waals surface area contributed by atoms with Crippen molar-refractivity contribution in [3.63, 3.8) is 0 Å². The van der Waals surface area contributed by atoms with Gasteiger partial charge in [0.05, 0.1) is 0 Å². The van der Waals surface area contributed by atoms with E-state index < -0.39 is 0 Å². The average Bonchev–Trinajstić information content (AvgIpc) is 2.93. The van der Waals surface area contributed by atoms with Crippen LogP contribution >= 0.6 is 0 Å². The van der Waals surface area contributed by atoms with Crippen LogP contribution in [0.3, 0.4) is 0 Å². The van der Waals surface area contributed by atoms with Crippen LogP contribution < -0.4 is 5.73 Å². The van der Waals surface area contributed by atoms with E-state index in [1.807, 2.05) is 0 Å². The van der Waals surface area contributed by atoms with Crippen molar-refractivity contribution in [1.29, 1.82) is 0 Å². The monoisotopic (exact) mass is 260 g/mol. The zero-order valence-electron chi connectivity index (χ0n) is 12.7. The van der Waals surface area contributed by atoms with Crippen LogP contribution in [0.25, 0.3) is 0 Å². The Labute approximate surface area is 118 Å². The minimum Gasteiger partial charge on any atom is -0.322 e. The summed E-state index contributed by atoms with van der Waals surface area (Å²) in [6.45, 7) is 9.18. The molecule has 19 heavy (non-hydrogen) atoms. The summed E-state index contributed by atoms with van der Waals surface area (Å²) >= 11 is 0. The molecule has 2 rings (SSSR count). The van der Waals surface area contributed by atoms with Crippen molar-refractivity contribution in [3.05, 3.63) is 35.4 Å². The first-order chi connectivity index (χ1) is 9.05. The second-order valence-electron chi connectivity index (χ2n) is 6.32. The van der Waals surface area contributed by atoms with E-state index in [0.717, 1.165) is 6.42 Å². The summed E-state index contributed by atoms with van der Waals surface area (Å²) in [6, 6.07) is 8.93. The van der Waals surface area contributed by atoms with Crippen molar-refractivity contribution in [3.8, 4) is 0 Å². The van der Waals surface area contributed by atoms with Crippen LogP contribution in [-0.4, -0.2) is 23.5 Å². The van der Waals surface area contributed by atoms with Gasteiger partial charge in [0.15, 0.2) is 0 Å². The molecule has 1 heterocycles. The zero-order valence-corrected chi connectivity index (χ0v) is 12.7. The normalized spacial score (nSPS) is 18.7. The Balaban J connectivity index is 2.17. The molecule has 106 valence electrons. The molecule has 1 aromatic carbocycles. The van der Waals surface area contributed by atoms with Gasteiger partial charge in [0.1, 0.15) is 0 Å². The molecule has 1 aliphatic rings. The first kappa shape index (κ1) is 14.5. The van der Waals surface area contributed by atoms with Crippen LogP contribution in [0, 0.1) is 0 Å². The number of benzene rings is 1. The first-order valence-electron chi connectivity index (χ1n) is 7.65. The van der Waals surface area contributed by atoms with E-state index in [2.05, 4.69) is 49.9 Å². The van der Waals surface area contributed by atoms with Gasteiger partial charge in [-0.1, -0.05) is 37.6 Å². The third-order valence-corrected chi connectivity index (χ3v) is 4.53. The molecule has 1 aromatic rings. The summed E-state index contributed by atoms with van der Waals surface area (Å²) in [6.07, 6.45) is 4.96. The number of hydrogen-bond acceptors (Lipinski definition) is 2. The van der Waals surface area contributed by atoms with Crippen LogP contribution in [0.1, 0.15) is 57.2 Å². The molecule has 1 unspecified atom stereocenters. The Morgan fingerprint density at radius 2 is 1.95 bits per heavy atom. The molecule has 1 aliphatic heterocycles. The Hall–Kier alpha value is -0.860. The third kappa shape index (κ3) is 3.18. The third-order valence-electron chi connectivity index (χ3n) is 4.53. The molecule has 0 aliphatic carbocycles. The van der Waals surface area contributed by atoms with Gasteiger partial charge in [-0.3, -0.25) is 4.90 Å². The van der Waals surface area contributed by atoms with Crippen molar-refractivity contribution in [2.75, 3.05) is 13.1 Å². The van der Waals surface area contributed by atoms with Gasteiger partial charge >= 0.3 is 0 Å². The van der Waals surface area contributed by atoms with Crippen molar-refractivity contribution in [2.24, 2.45) is 5.73 Å². The lowest BCUT2D eigenvalue weighted by atomic mass is 9.87. The first-order valence-corrected chi connectivity index (χ1v) is 7.65. The second-order valence-corrected chi connectivity index (χ2v) is 6.32. The lowest BCUT2D eigenvalue weighted by Crippen LogP contribution is -2.49. The van der Waals surface area contributed by atoms with Crippen LogP contribution in [0.15, 0.2) is 24.3 Å². The number of likely N-dealkylation sites (tertiary alicyclic amines) is 1. The molecule has 0 saturated carbocycles. The van der Waals surface area contributed by atoms with E-state index in [1.54, 1.807) is 0 Å². The van der Waals surface area contributed by atoms with Gasteiger partial charge in [-0.15, -0.1) is 0 Å². The molecule has 0 spiro atoms. The molecule has 2 N–H and O–H groups in total. The molecule has 0 amide bonds. The van der Waals surface area contributed by atoms with E-state index in [-0.39, 0.29) is 11.6 Å². The highest BCUT2D eigenvalue weighted by molar-refractivity contribution is 5.28. The van der Waals surface area contributed by atoms with E-state index in [0.29, 0.717) is 0 Å².